The second-order valence-electron chi connectivity index (χ2n) is 8.30. The van der Waals surface area contributed by atoms with Gasteiger partial charge in [0.2, 0.25) is 5.91 Å². The summed E-state index contributed by atoms with van der Waals surface area (Å²) in [6, 6.07) is -1.23. The Kier molecular flexibility index (Phi) is 10.1. The van der Waals surface area contributed by atoms with Crippen LogP contribution in [-0.4, -0.2) is 98.0 Å². The van der Waals surface area contributed by atoms with E-state index in [2.05, 4.69) is 16.8 Å². The maximum atomic E-state index is 13.0. The number of aliphatic hydroxyl groups excluding tert-OH is 2. The minimum absolute atomic E-state index is 0.256. The van der Waals surface area contributed by atoms with E-state index < -0.39 is 49.1 Å². The lowest BCUT2D eigenvalue weighted by atomic mass is 9.92. The Morgan fingerprint density at radius 2 is 2.03 bits per heavy atom. The lowest BCUT2D eigenvalue weighted by Crippen LogP contribution is -2.65. The smallest absolute Gasteiger partial charge is 0.387 e. The number of nitrogens with zero attached hydrogens (tertiary/aromatic N) is 1. The number of phosphoric acid groups is 1. The van der Waals surface area contributed by atoms with Crippen molar-refractivity contribution >= 4 is 37.1 Å². The normalized spacial score (nSPS) is 36.9. The van der Waals surface area contributed by atoms with Crippen molar-refractivity contribution in [2.24, 2.45) is 5.92 Å². The zero-order chi connectivity index (χ0) is 23.5. The van der Waals surface area contributed by atoms with Crippen LogP contribution >= 0.6 is 31.2 Å². The van der Waals surface area contributed by atoms with Gasteiger partial charge in [0.15, 0.2) is 0 Å². The molecule has 5 N–H and O–H groups in total. The molecule has 10 nitrogen and oxygen atoms in total. The number of phosphoric ester groups is 1. The van der Waals surface area contributed by atoms with E-state index in [-0.39, 0.29) is 11.9 Å². The van der Waals surface area contributed by atoms with Crippen molar-refractivity contribution in [3.63, 3.8) is 0 Å². The van der Waals surface area contributed by atoms with E-state index in [9.17, 15) is 29.4 Å². The summed E-state index contributed by atoms with van der Waals surface area (Å²) in [7, 11) is -3.12. The second-order valence-corrected chi connectivity index (χ2v) is 11.1. The molecule has 0 aromatic heterocycles. The van der Waals surface area contributed by atoms with Crippen LogP contribution in [0.25, 0.3) is 0 Å². The maximum Gasteiger partial charge on any atom is 0.470 e. The summed E-state index contributed by atoms with van der Waals surface area (Å²) in [6.07, 6.45) is -1.47. The molecule has 0 aromatic rings. The average molecular weight is 505 g/mol. The summed E-state index contributed by atoms with van der Waals surface area (Å²) in [5, 5.41) is 23.3. The number of likely N-dealkylation sites (N-methyl/N-ethyl adjacent to an activating group) is 1. The predicted octanol–water partition coefficient (Wildman–Crippen LogP) is 0.506. The van der Waals surface area contributed by atoms with Crippen LogP contribution in [0, 0.1) is 5.92 Å². The number of alkyl halides is 1. The van der Waals surface area contributed by atoms with Gasteiger partial charge in [-0.15, -0.1) is 23.4 Å². The van der Waals surface area contributed by atoms with Crippen molar-refractivity contribution in [1.29, 1.82) is 0 Å². The standard InChI is InChI=1S/C18H34ClN2O8PS/c1-5-6-10-7-11(21(3)8-10)17(24)20-12(9(2)19)15-13(22)16(29-30(25,26)27)14(23)18(28-15)31-4/h9-16,18,22-23H,5-8H2,1-4H3,(H,20,24)(H2,25,26,27)/t9-,10+,11+,12+,13-,14-,15-,16+,18+/m0/s1. The van der Waals surface area contributed by atoms with Crippen LogP contribution in [0.15, 0.2) is 0 Å². The summed E-state index contributed by atoms with van der Waals surface area (Å²) in [6.45, 7) is 4.54. The molecular formula is C18H34ClN2O8PS. The van der Waals surface area contributed by atoms with Crippen molar-refractivity contribution < 1.29 is 38.6 Å². The van der Waals surface area contributed by atoms with E-state index in [0.717, 1.165) is 31.1 Å². The van der Waals surface area contributed by atoms with E-state index >= 15 is 0 Å². The number of carbonyl (C=O) groups excluding carboxylic acids is 1. The molecule has 13 heteroatoms. The van der Waals surface area contributed by atoms with E-state index in [4.69, 9.17) is 16.3 Å². The van der Waals surface area contributed by atoms with E-state index in [1.807, 2.05) is 11.9 Å². The lowest BCUT2D eigenvalue weighted by Gasteiger charge is -2.45. The number of amides is 1. The van der Waals surface area contributed by atoms with Crippen LogP contribution < -0.4 is 5.32 Å². The highest BCUT2D eigenvalue weighted by Crippen LogP contribution is 2.43. The lowest BCUT2D eigenvalue weighted by molar-refractivity contribution is -0.201. The Hall–Kier alpha value is 0.0600. The highest BCUT2D eigenvalue weighted by molar-refractivity contribution is 7.99. The molecule has 0 unspecified atom stereocenters. The Labute approximate surface area is 192 Å². The van der Waals surface area contributed by atoms with Gasteiger partial charge in [0.1, 0.15) is 29.9 Å². The molecule has 31 heavy (non-hydrogen) atoms. The van der Waals surface area contributed by atoms with E-state index in [1.165, 1.54) is 0 Å². The maximum absolute atomic E-state index is 13.0. The summed E-state index contributed by atoms with van der Waals surface area (Å²) in [5.74, 6) is 0.167. The topological polar surface area (TPSA) is 149 Å². The van der Waals surface area contributed by atoms with Crippen LogP contribution in [0.5, 0.6) is 0 Å². The van der Waals surface area contributed by atoms with E-state index in [1.54, 1.807) is 13.2 Å². The van der Waals surface area contributed by atoms with Crippen LogP contribution in [0.1, 0.15) is 33.1 Å². The van der Waals surface area contributed by atoms with Crippen molar-refractivity contribution in [2.45, 2.75) is 80.4 Å². The zero-order valence-electron chi connectivity index (χ0n) is 18.1. The average Bonchev–Trinajstić information content (AvgIpc) is 3.03. The van der Waals surface area contributed by atoms with Crippen molar-refractivity contribution in [1.82, 2.24) is 10.2 Å². The van der Waals surface area contributed by atoms with Gasteiger partial charge in [-0.05, 0) is 39.0 Å². The van der Waals surface area contributed by atoms with Gasteiger partial charge >= 0.3 is 7.82 Å². The summed E-state index contributed by atoms with van der Waals surface area (Å²) < 4.78 is 21.8. The van der Waals surface area contributed by atoms with Gasteiger partial charge in [0, 0.05) is 6.54 Å². The quantitative estimate of drug-likeness (QED) is 0.222. The number of halogens is 1. The van der Waals surface area contributed by atoms with Gasteiger partial charge in [-0.2, -0.15) is 0 Å². The third kappa shape index (κ3) is 7.02. The van der Waals surface area contributed by atoms with Gasteiger partial charge in [-0.1, -0.05) is 13.3 Å². The molecule has 2 rings (SSSR count). The number of aliphatic hydroxyl groups is 2. The Morgan fingerprint density at radius 3 is 2.55 bits per heavy atom. The molecule has 182 valence electrons. The highest BCUT2D eigenvalue weighted by Gasteiger charge is 2.51. The first-order chi connectivity index (χ1) is 14.4. The Balaban J connectivity index is 2.20. The van der Waals surface area contributed by atoms with Crippen LogP contribution in [0.3, 0.4) is 0 Å². The monoisotopic (exact) mass is 504 g/mol. The minimum atomic E-state index is -5.00. The number of ether oxygens (including phenoxy) is 1. The number of hydrogen-bond acceptors (Lipinski definition) is 8. The first-order valence-electron chi connectivity index (χ1n) is 10.3. The number of likely N-dealkylation sites (tertiary alicyclic amines) is 1. The third-order valence-corrected chi connectivity index (χ3v) is 7.51. The SMILES string of the molecule is CCC[C@@H]1C[C@H](C(=O)N[C@@H]([C@@H]2O[C@H](SC)[C@@H](O)[C@H](OP(=O)(O)O)[C@H]2O)[C@H](C)Cl)N(C)C1. The molecule has 0 saturated carbocycles. The Morgan fingerprint density at radius 1 is 1.39 bits per heavy atom. The minimum Gasteiger partial charge on any atom is -0.387 e. The fraction of sp³-hybridized carbons (Fsp3) is 0.944. The largest absolute Gasteiger partial charge is 0.470 e. The zero-order valence-corrected chi connectivity index (χ0v) is 20.6. The van der Waals surface area contributed by atoms with Crippen molar-refractivity contribution in [3.8, 4) is 0 Å². The fourth-order valence-corrected chi connectivity index (χ4v) is 5.83. The molecular weight excluding hydrogens is 471 g/mol. The van der Waals surface area contributed by atoms with Crippen LogP contribution in [-0.2, 0) is 18.6 Å². The molecule has 2 fully saturated rings. The molecule has 2 aliphatic heterocycles. The van der Waals surface area contributed by atoms with Gasteiger partial charge in [-0.25, -0.2) is 4.57 Å². The van der Waals surface area contributed by atoms with Gasteiger partial charge in [0.05, 0.1) is 17.5 Å². The number of thioether (sulfide) groups is 1. The fourth-order valence-electron chi connectivity index (χ4n) is 4.38. The van der Waals surface area contributed by atoms with Gasteiger partial charge < -0.3 is 30.1 Å². The molecule has 0 bridgehead atoms. The predicted molar refractivity (Wildman–Crippen MR) is 118 cm³/mol. The number of hydrogen-bond donors (Lipinski definition) is 5. The summed E-state index contributed by atoms with van der Waals surface area (Å²) in [4.78, 5) is 33.4. The number of nitrogens with one attached hydrogen (secondary N) is 1. The highest BCUT2D eigenvalue weighted by atomic mass is 35.5. The number of rotatable bonds is 9. The van der Waals surface area contributed by atoms with Crippen molar-refractivity contribution in [3.05, 3.63) is 0 Å². The van der Waals surface area contributed by atoms with Gasteiger partial charge in [0.25, 0.3) is 0 Å². The van der Waals surface area contributed by atoms with E-state index in [0.29, 0.717) is 12.3 Å². The molecule has 0 aliphatic carbocycles. The molecule has 2 saturated heterocycles. The molecule has 0 aromatic carbocycles. The molecule has 2 heterocycles. The number of carbonyl (C=O) groups is 1. The second kappa shape index (κ2) is 11.5. The molecule has 0 radical (unpaired) electrons. The van der Waals surface area contributed by atoms with Crippen LogP contribution in [0.4, 0.5) is 0 Å². The first-order valence-corrected chi connectivity index (χ1v) is 13.6. The molecule has 1 amide bonds. The molecule has 2 aliphatic rings. The van der Waals surface area contributed by atoms with Crippen LogP contribution in [0.2, 0.25) is 0 Å². The molecule has 0 spiro atoms. The summed E-state index contributed by atoms with van der Waals surface area (Å²) in [5.41, 5.74) is -0.942. The van der Waals surface area contributed by atoms with Gasteiger partial charge in [-0.3, -0.25) is 14.2 Å². The third-order valence-electron chi connectivity index (χ3n) is 5.86. The first kappa shape index (κ1) is 27.3. The Bertz CT molecular complexity index is 656. The summed E-state index contributed by atoms with van der Waals surface area (Å²) >= 11 is 7.42. The van der Waals surface area contributed by atoms with Crippen molar-refractivity contribution in [2.75, 3.05) is 19.8 Å². The molecule has 9 atom stereocenters.